The van der Waals surface area contributed by atoms with E-state index in [2.05, 4.69) is 20.0 Å². The summed E-state index contributed by atoms with van der Waals surface area (Å²) in [6.07, 6.45) is 8.00. The van der Waals surface area contributed by atoms with Crippen molar-refractivity contribution >= 4 is 11.7 Å². The summed E-state index contributed by atoms with van der Waals surface area (Å²) >= 11 is 0. The van der Waals surface area contributed by atoms with Crippen LogP contribution in [0.2, 0.25) is 0 Å². The fraction of sp³-hybridized carbons (Fsp3) is 0.667. The van der Waals surface area contributed by atoms with E-state index in [1.807, 2.05) is 0 Å². The van der Waals surface area contributed by atoms with Crippen molar-refractivity contribution in [2.45, 2.75) is 38.1 Å². The lowest BCUT2D eigenvalue weighted by Crippen LogP contribution is -2.47. The minimum absolute atomic E-state index is 0.0676. The fourth-order valence-corrected chi connectivity index (χ4v) is 3.49. The molecule has 6 heteroatoms. The molecular weight excluding hydrogens is 264 g/mol. The van der Waals surface area contributed by atoms with E-state index in [1.54, 1.807) is 12.3 Å². The average Bonchev–Trinajstić information content (AvgIpc) is 2.56. The van der Waals surface area contributed by atoms with Gasteiger partial charge in [-0.1, -0.05) is 6.42 Å². The molecule has 114 valence electrons. The highest BCUT2D eigenvalue weighted by Gasteiger charge is 2.27. The molecule has 0 radical (unpaired) electrons. The number of nitrogens with zero attached hydrogens (tertiary/aromatic N) is 4. The number of likely N-dealkylation sites (tertiary alicyclic amines) is 1. The molecule has 1 aromatic heterocycles. The predicted octanol–water partition coefficient (Wildman–Crippen LogP) is 1.22. The Morgan fingerprint density at radius 3 is 2.52 bits per heavy atom. The maximum Gasteiger partial charge on any atom is 0.162 e. The maximum absolute atomic E-state index is 7.67. The Labute approximate surface area is 125 Å². The molecule has 3 rings (SSSR count). The number of amidine groups is 1. The van der Waals surface area contributed by atoms with Crippen molar-refractivity contribution in [3.8, 4) is 0 Å². The summed E-state index contributed by atoms with van der Waals surface area (Å²) < 4.78 is 0. The van der Waals surface area contributed by atoms with E-state index in [0.717, 1.165) is 31.7 Å². The smallest absolute Gasteiger partial charge is 0.162 e. The van der Waals surface area contributed by atoms with Crippen LogP contribution in [0.1, 0.15) is 37.7 Å². The van der Waals surface area contributed by atoms with Gasteiger partial charge in [0.1, 0.15) is 5.84 Å². The molecule has 0 aliphatic carbocycles. The third-order valence-corrected chi connectivity index (χ3v) is 4.66. The van der Waals surface area contributed by atoms with Gasteiger partial charge in [-0.25, -0.2) is 0 Å². The Bertz CT molecular complexity index is 489. The van der Waals surface area contributed by atoms with Gasteiger partial charge in [-0.3, -0.25) is 5.41 Å². The number of rotatable bonds is 3. The molecule has 2 fully saturated rings. The Morgan fingerprint density at radius 2 is 1.86 bits per heavy atom. The van der Waals surface area contributed by atoms with Crippen LogP contribution in [0, 0.1) is 5.41 Å². The van der Waals surface area contributed by atoms with Gasteiger partial charge in [-0.2, -0.15) is 5.10 Å². The third kappa shape index (κ3) is 3.15. The van der Waals surface area contributed by atoms with Crippen LogP contribution in [0.3, 0.4) is 0 Å². The van der Waals surface area contributed by atoms with Crippen LogP contribution in [-0.2, 0) is 0 Å². The van der Waals surface area contributed by atoms with E-state index >= 15 is 0 Å². The molecular formula is C15H24N6. The van der Waals surface area contributed by atoms with Gasteiger partial charge in [0.25, 0.3) is 0 Å². The molecule has 2 aliphatic heterocycles. The van der Waals surface area contributed by atoms with Gasteiger partial charge in [-0.05, 0) is 44.8 Å². The number of nitrogen functional groups attached to an aromatic ring is 1. The number of piperidine rings is 2. The molecule has 0 unspecified atom stereocenters. The first-order chi connectivity index (χ1) is 10.3. The standard InChI is InChI=1S/C15H24N6/c16-14(17)13-4-7-18-19-15(13)21-10-5-12(6-11-21)20-8-2-1-3-9-20/h4,7,12H,1-3,5-6,8-11H2,(H3,16,17). The van der Waals surface area contributed by atoms with Gasteiger partial charge < -0.3 is 15.5 Å². The molecule has 0 bridgehead atoms. The van der Waals surface area contributed by atoms with Crippen LogP contribution in [0.4, 0.5) is 5.82 Å². The van der Waals surface area contributed by atoms with E-state index in [4.69, 9.17) is 11.1 Å². The lowest BCUT2D eigenvalue weighted by molar-refractivity contribution is 0.141. The van der Waals surface area contributed by atoms with Crippen molar-refractivity contribution in [3.05, 3.63) is 17.8 Å². The number of anilines is 1. The summed E-state index contributed by atoms with van der Waals surface area (Å²) in [4.78, 5) is 4.88. The van der Waals surface area contributed by atoms with Gasteiger partial charge in [0.05, 0.1) is 11.8 Å². The SMILES string of the molecule is N=C(N)c1ccnnc1N1CCC(N2CCCCC2)CC1. The zero-order valence-corrected chi connectivity index (χ0v) is 12.5. The van der Waals surface area contributed by atoms with Gasteiger partial charge >= 0.3 is 0 Å². The van der Waals surface area contributed by atoms with Crippen molar-refractivity contribution in [2.24, 2.45) is 5.73 Å². The number of hydrogen-bond acceptors (Lipinski definition) is 5. The molecule has 0 spiro atoms. The van der Waals surface area contributed by atoms with Crippen molar-refractivity contribution < 1.29 is 0 Å². The van der Waals surface area contributed by atoms with Crippen molar-refractivity contribution in [1.29, 1.82) is 5.41 Å². The van der Waals surface area contributed by atoms with Crippen LogP contribution < -0.4 is 10.6 Å². The van der Waals surface area contributed by atoms with E-state index in [-0.39, 0.29) is 5.84 Å². The second-order valence-corrected chi connectivity index (χ2v) is 6.00. The first-order valence-corrected chi connectivity index (χ1v) is 7.91. The molecule has 3 heterocycles. The van der Waals surface area contributed by atoms with Gasteiger partial charge in [0.15, 0.2) is 5.82 Å². The number of aromatic nitrogens is 2. The molecule has 2 aliphatic rings. The third-order valence-electron chi connectivity index (χ3n) is 4.66. The highest BCUT2D eigenvalue weighted by Crippen LogP contribution is 2.25. The summed E-state index contributed by atoms with van der Waals surface area (Å²) in [5, 5.41) is 15.8. The fourth-order valence-electron chi connectivity index (χ4n) is 3.49. The lowest BCUT2D eigenvalue weighted by atomic mass is 9.99. The van der Waals surface area contributed by atoms with Gasteiger partial charge in [0, 0.05) is 19.1 Å². The van der Waals surface area contributed by atoms with Gasteiger partial charge in [-0.15, -0.1) is 5.10 Å². The Kier molecular flexibility index (Phi) is 4.34. The molecule has 0 amide bonds. The zero-order chi connectivity index (χ0) is 14.7. The van der Waals surface area contributed by atoms with Crippen molar-refractivity contribution in [3.63, 3.8) is 0 Å². The quantitative estimate of drug-likeness (QED) is 0.645. The number of nitrogens with two attached hydrogens (primary N) is 1. The summed E-state index contributed by atoms with van der Waals surface area (Å²) in [6, 6.07) is 2.49. The predicted molar refractivity (Wildman–Crippen MR) is 83.7 cm³/mol. The Hall–Kier alpha value is -1.69. The van der Waals surface area contributed by atoms with E-state index in [9.17, 15) is 0 Å². The highest BCUT2D eigenvalue weighted by molar-refractivity contribution is 5.99. The molecule has 0 saturated carbocycles. The minimum atomic E-state index is 0.0676. The first kappa shape index (κ1) is 14.3. The van der Waals surface area contributed by atoms with Crippen LogP contribution in [0.25, 0.3) is 0 Å². The first-order valence-electron chi connectivity index (χ1n) is 7.91. The minimum Gasteiger partial charge on any atom is -0.384 e. The summed E-state index contributed by atoms with van der Waals surface area (Å²) in [5.74, 6) is 0.833. The molecule has 3 N–H and O–H groups in total. The normalized spacial score (nSPS) is 21.4. The van der Waals surface area contributed by atoms with Gasteiger partial charge in [0.2, 0.25) is 0 Å². The summed E-state index contributed by atoms with van der Waals surface area (Å²) in [5.41, 5.74) is 6.34. The lowest BCUT2D eigenvalue weighted by Gasteiger charge is -2.40. The van der Waals surface area contributed by atoms with Crippen LogP contribution in [0.5, 0.6) is 0 Å². The summed E-state index contributed by atoms with van der Waals surface area (Å²) in [7, 11) is 0. The Morgan fingerprint density at radius 1 is 1.14 bits per heavy atom. The average molecular weight is 288 g/mol. The van der Waals surface area contributed by atoms with Crippen LogP contribution in [-0.4, -0.2) is 53.2 Å². The second kappa shape index (κ2) is 6.39. The largest absolute Gasteiger partial charge is 0.384 e. The molecule has 1 aromatic rings. The molecule has 2 saturated heterocycles. The number of nitrogens with one attached hydrogen (secondary N) is 1. The van der Waals surface area contributed by atoms with E-state index < -0.39 is 0 Å². The molecule has 21 heavy (non-hydrogen) atoms. The molecule has 0 aromatic carbocycles. The highest BCUT2D eigenvalue weighted by atomic mass is 15.3. The monoisotopic (exact) mass is 288 g/mol. The molecule has 0 atom stereocenters. The Balaban J connectivity index is 1.64. The topological polar surface area (TPSA) is 82.1 Å². The van der Waals surface area contributed by atoms with E-state index in [1.165, 1.54) is 32.4 Å². The maximum atomic E-state index is 7.67. The van der Waals surface area contributed by atoms with Crippen LogP contribution >= 0.6 is 0 Å². The molecule has 6 nitrogen and oxygen atoms in total. The van der Waals surface area contributed by atoms with Crippen LogP contribution in [0.15, 0.2) is 12.3 Å². The number of hydrogen-bond donors (Lipinski definition) is 2. The van der Waals surface area contributed by atoms with Crippen molar-refractivity contribution in [2.75, 3.05) is 31.1 Å². The van der Waals surface area contributed by atoms with Crippen molar-refractivity contribution in [1.82, 2.24) is 15.1 Å². The zero-order valence-electron chi connectivity index (χ0n) is 12.5. The van der Waals surface area contributed by atoms with E-state index in [0.29, 0.717) is 11.6 Å². The second-order valence-electron chi connectivity index (χ2n) is 6.00. The summed E-state index contributed by atoms with van der Waals surface area (Å²) in [6.45, 7) is 4.46.